The Morgan fingerprint density at radius 3 is 1.59 bits per heavy atom. The maximum atomic E-state index is 2.76. The van der Waals surface area contributed by atoms with Gasteiger partial charge in [-0.2, -0.15) is 0 Å². The second-order valence-electron chi connectivity index (χ2n) is 27.9. The molecule has 6 aromatic carbocycles. The van der Waals surface area contributed by atoms with E-state index in [1.807, 2.05) is 0 Å². The number of nitrogens with zero attached hydrogens (tertiary/aromatic N) is 2. The van der Waals surface area contributed by atoms with Gasteiger partial charge in [0.05, 0.1) is 11.4 Å². The second-order valence-corrected chi connectivity index (χ2v) is 29.0. The molecule has 364 valence electrons. The molecule has 0 fully saturated rings. The van der Waals surface area contributed by atoms with Crippen LogP contribution >= 0.6 is 11.3 Å². The lowest BCUT2D eigenvalue weighted by molar-refractivity contribution is 0.332. The Balaban J connectivity index is 1.24. The van der Waals surface area contributed by atoms with Gasteiger partial charge in [-0.3, -0.25) is 0 Å². The molecule has 0 bridgehead atoms. The molecule has 0 saturated heterocycles. The molecule has 0 saturated carbocycles. The summed E-state index contributed by atoms with van der Waals surface area (Å²) >= 11 is 2.08. The maximum Gasteiger partial charge on any atom is 0.264 e. The highest BCUT2D eigenvalue weighted by molar-refractivity contribution is 7.33. The molecule has 1 aromatic heterocycles. The highest BCUT2D eigenvalue weighted by Crippen LogP contribution is 2.56. The van der Waals surface area contributed by atoms with Crippen LogP contribution in [0.25, 0.3) is 21.2 Å². The zero-order valence-corrected chi connectivity index (χ0v) is 46.8. The van der Waals surface area contributed by atoms with Crippen molar-refractivity contribution in [2.45, 2.75) is 187 Å². The van der Waals surface area contributed by atoms with Gasteiger partial charge in [-0.25, -0.2) is 0 Å². The molecule has 2 aliphatic heterocycles. The van der Waals surface area contributed by atoms with Gasteiger partial charge in [0.25, 0.3) is 6.71 Å². The monoisotopic (exact) mass is 953 g/mol. The second kappa shape index (κ2) is 15.0. The summed E-state index contributed by atoms with van der Waals surface area (Å²) < 4.78 is 2.88. The summed E-state index contributed by atoms with van der Waals surface area (Å²) in [5.74, 6) is 0. The van der Waals surface area contributed by atoms with E-state index in [1.54, 1.807) is 0 Å². The number of fused-ring (bicyclic) bond motifs is 9. The van der Waals surface area contributed by atoms with Gasteiger partial charge in [-0.15, -0.1) is 11.3 Å². The molecule has 7 aromatic rings. The first kappa shape index (κ1) is 47.0. The Hall–Kier alpha value is -5.06. The third kappa shape index (κ3) is 6.98. The first-order valence-corrected chi connectivity index (χ1v) is 27.9. The van der Waals surface area contributed by atoms with E-state index in [-0.39, 0.29) is 44.6 Å². The topological polar surface area (TPSA) is 6.48 Å². The van der Waals surface area contributed by atoms with Crippen molar-refractivity contribution in [2.75, 3.05) is 9.80 Å². The first-order valence-electron chi connectivity index (χ1n) is 27.1. The Labute approximate surface area is 431 Å². The minimum Gasteiger partial charge on any atom is -0.311 e. The van der Waals surface area contributed by atoms with Crippen LogP contribution in [0.5, 0.6) is 0 Å². The number of hydrogen-bond acceptors (Lipinski definition) is 3. The molecule has 4 heteroatoms. The van der Waals surface area contributed by atoms with Crippen LogP contribution in [0.1, 0.15) is 187 Å². The Bertz CT molecular complexity index is 3390. The van der Waals surface area contributed by atoms with Crippen molar-refractivity contribution < 1.29 is 0 Å². The summed E-state index contributed by atoms with van der Waals surface area (Å²) in [5, 5.41) is 1.39. The summed E-state index contributed by atoms with van der Waals surface area (Å²) in [5.41, 5.74) is 25.5. The van der Waals surface area contributed by atoms with Gasteiger partial charge in [-0.1, -0.05) is 152 Å². The quantitative estimate of drug-likeness (QED) is 0.163. The fourth-order valence-electron chi connectivity index (χ4n) is 14.0. The maximum absolute atomic E-state index is 2.76. The normalized spacial score (nSPS) is 20.4. The molecule has 5 aliphatic rings. The van der Waals surface area contributed by atoms with Gasteiger partial charge in [-0.05, 0) is 199 Å². The minimum atomic E-state index is -0.0143. The predicted molar refractivity (Wildman–Crippen MR) is 311 cm³/mol. The molecule has 2 nitrogen and oxygen atoms in total. The smallest absolute Gasteiger partial charge is 0.264 e. The van der Waals surface area contributed by atoms with E-state index >= 15 is 0 Å². The molecular formula is C67H77BN2S. The van der Waals surface area contributed by atoms with Crippen LogP contribution in [-0.4, -0.2) is 6.71 Å². The van der Waals surface area contributed by atoms with Gasteiger partial charge in [0, 0.05) is 43.2 Å². The molecular weight excluding hydrogens is 876 g/mol. The lowest BCUT2D eigenvalue weighted by Gasteiger charge is -2.47. The molecule has 0 radical (unpaired) electrons. The van der Waals surface area contributed by atoms with Crippen LogP contribution in [-0.2, 0) is 37.9 Å². The number of hydrogen-bond donors (Lipinski definition) is 0. The average Bonchev–Trinajstić information content (AvgIpc) is 3.68. The van der Waals surface area contributed by atoms with E-state index in [0.717, 1.165) is 0 Å². The summed E-state index contributed by atoms with van der Waals surface area (Å²) in [7, 11) is 0. The Morgan fingerprint density at radius 2 is 1.00 bits per heavy atom. The van der Waals surface area contributed by atoms with E-state index < -0.39 is 0 Å². The number of benzene rings is 6. The third-order valence-electron chi connectivity index (χ3n) is 19.0. The zero-order chi connectivity index (χ0) is 50.3. The highest BCUT2D eigenvalue weighted by Gasteiger charge is 2.49. The van der Waals surface area contributed by atoms with Crippen LogP contribution in [0.3, 0.4) is 0 Å². The molecule has 3 heterocycles. The van der Waals surface area contributed by atoms with Gasteiger partial charge in [0.2, 0.25) is 0 Å². The van der Waals surface area contributed by atoms with Crippen molar-refractivity contribution >= 4 is 78.0 Å². The molecule has 0 atom stereocenters. The van der Waals surface area contributed by atoms with Gasteiger partial charge >= 0.3 is 0 Å². The molecule has 3 aliphatic carbocycles. The van der Waals surface area contributed by atoms with Crippen LogP contribution < -0.4 is 25.5 Å². The van der Waals surface area contributed by atoms with Gasteiger partial charge in [0.1, 0.15) is 0 Å². The molecule has 0 unspecified atom stereocenters. The van der Waals surface area contributed by atoms with Crippen molar-refractivity contribution in [3.05, 3.63) is 148 Å². The summed E-state index contributed by atoms with van der Waals surface area (Å²) in [6, 6.07) is 42.1. The third-order valence-corrected chi connectivity index (χ3v) is 20.2. The molecule has 12 rings (SSSR count). The average molecular weight is 953 g/mol. The Kier molecular flexibility index (Phi) is 9.94. The number of anilines is 6. The van der Waals surface area contributed by atoms with E-state index in [2.05, 4.69) is 235 Å². The fraction of sp³-hybridized carbons (Fsp3) is 0.433. The highest BCUT2D eigenvalue weighted by atomic mass is 32.1. The SMILES string of the molecule is Cc1cc2c3c(c1)N(c1ccc(C(C)(C)C)cc1-c1ccccc1)c1c(sc4cc5c(cc14)C(C)(C)CCC5(C)C)B3c1cc3c(cc1N2c1ccc2c(c1)C(C)(C)CCC2(C)C)C(C)(C)CCC3(C)C. The van der Waals surface area contributed by atoms with E-state index in [0.29, 0.717) is 0 Å². The van der Waals surface area contributed by atoms with E-state index in [1.165, 1.54) is 154 Å². The summed E-state index contributed by atoms with van der Waals surface area (Å²) in [6.45, 7) is 39.3. The van der Waals surface area contributed by atoms with Crippen molar-refractivity contribution in [3.63, 3.8) is 0 Å². The first-order chi connectivity index (χ1) is 33.2. The molecule has 0 N–H and O–H groups in total. The van der Waals surface area contributed by atoms with Crippen molar-refractivity contribution in [2.24, 2.45) is 0 Å². The van der Waals surface area contributed by atoms with Crippen LogP contribution in [0, 0.1) is 6.92 Å². The van der Waals surface area contributed by atoms with Crippen LogP contribution in [0.4, 0.5) is 34.1 Å². The van der Waals surface area contributed by atoms with Crippen molar-refractivity contribution in [3.8, 4) is 11.1 Å². The summed E-state index contributed by atoms with van der Waals surface area (Å²) in [6.07, 6.45) is 7.14. The standard InChI is InChI=1S/C67H77BN2S/c1-40-32-55-58-56(33-40)70(53-25-22-42(61(2,3)4)34-44(53)41-20-18-17-19-21-41)59-45-36-48-51(67(15,16)31-28-64(48,9)10)39-57(45)71-60(59)68(58)52-37-49-50(66(13,14)30-29-65(49,11)12)38-54(52)69(55)43-23-24-46-47(35-43)63(7,8)27-26-62(46,5)6/h17-25,32-39H,26-31H2,1-16H3. The van der Waals surface area contributed by atoms with Gasteiger partial charge < -0.3 is 9.80 Å². The van der Waals surface area contributed by atoms with Crippen molar-refractivity contribution in [1.29, 1.82) is 0 Å². The van der Waals surface area contributed by atoms with E-state index in [9.17, 15) is 0 Å². The van der Waals surface area contributed by atoms with Gasteiger partial charge in [0.15, 0.2) is 0 Å². The zero-order valence-electron chi connectivity index (χ0n) is 45.9. The van der Waals surface area contributed by atoms with Crippen LogP contribution in [0.2, 0.25) is 0 Å². The van der Waals surface area contributed by atoms with Crippen molar-refractivity contribution in [1.82, 2.24) is 0 Å². The molecule has 0 spiro atoms. The largest absolute Gasteiger partial charge is 0.311 e. The summed E-state index contributed by atoms with van der Waals surface area (Å²) in [4.78, 5) is 5.49. The predicted octanol–water partition coefficient (Wildman–Crippen LogP) is 17.3. The number of aryl methyl sites for hydroxylation is 1. The number of rotatable bonds is 3. The van der Waals surface area contributed by atoms with Crippen LogP contribution in [0.15, 0.2) is 103 Å². The minimum absolute atomic E-state index is 0.0143. The number of thiophene rings is 1. The Morgan fingerprint density at radius 1 is 0.479 bits per heavy atom. The van der Waals surface area contributed by atoms with E-state index in [4.69, 9.17) is 0 Å². The lowest BCUT2D eigenvalue weighted by Crippen LogP contribution is -2.61. The molecule has 71 heavy (non-hydrogen) atoms. The molecule has 0 amide bonds. The lowest BCUT2D eigenvalue weighted by atomic mass is 9.35. The fourth-order valence-corrected chi connectivity index (χ4v) is 15.4.